The number of ether oxygens (including phenoxy) is 1. The van der Waals surface area contributed by atoms with E-state index in [0.717, 1.165) is 11.1 Å². The summed E-state index contributed by atoms with van der Waals surface area (Å²) in [5, 5.41) is 5.74. The number of nitrogens with two attached hydrogens (primary N) is 2. The number of anilines is 1. The molecule has 4 N–H and O–H groups in total. The normalized spacial score (nSPS) is 11.4. The summed E-state index contributed by atoms with van der Waals surface area (Å²) in [7, 11) is -3.84. The molecule has 2 aromatic rings. The topological polar surface area (TPSA) is 95.4 Å². The quantitative estimate of drug-likeness (QED) is 0.847. The van der Waals surface area contributed by atoms with Crippen molar-refractivity contribution in [3.8, 4) is 11.5 Å². The molecular formula is C14H15ClN2O3S. The highest BCUT2D eigenvalue weighted by Crippen LogP contribution is 2.31. The van der Waals surface area contributed by atoms with Gasteiger partial charge in [0.1, 0.15) is 16.4 Å². The summed E-state index contributed by atoms with van der Waals surface area (Å²) in [6.45, 7) is 3.75. The standard InChI is InChI=1S/C14H15ClN2O3S/c1-8-5-11(6-9(2)14(8)15)20-10-3-4-13(12(16)7-10)21(17,18)19/h3-7H,16H2,1-2H3,(H2,17,18,19). The molecule has 0 fully saturated rings. The van der Waals surface area contributed by atoms with Crippen LogP contribution in [0.15, 0.2) is 35.2 Å². The Morgan fingerprint density at radius 2 is 1.62 bits per heavy atom. The lowest BCUT2D eigenvalue weighted by Gasteiger charge is -2.11. The first-order chi connectivity index (χ1) is 9.68. The molecule has 0 aliphatic rings. The van der Waals surface area contributed by atoms with E-state index < -0.39 is 10.0 Å². The molecule has 0 unspecified atom stereocenters. The van der Waals surface area contributed by atoms with Gasteiger partial charge in [-0.25, -0.2) is 13.6 Å². The molecule has 0 aromatic heterocycles. The van der Waals surface area contributed by atoms with E-state index in [1.165, 1.54) is 18.2 Å². The van der Waals surface area contributed by atoms with Crippen molar-refractivity contribution < 1.29 is 13.2 Å². The maximum atomic E-state index is 11.3. The van der Waals surface area contributed by atoms with Gasteiger partial charge in [0.2, 0.25) is 10.0 Å². The Bertz CT molecular complexity index is 781. The molecule has 0 bridgehead atoms. The van der Waals surface area contributed by atoms with E-state index >= 15 is 0 Å². The summed E-state index contributed by atoms with van der Waals surface area (Å²) in [6.07, 6.45) is 0. The van der Waals surface area contributed by atoms with Crippen molar-refractivity contribution in [1.82, 2.24) is 0 Å². The molecule has 0 atom stereocenters. The maximum absolute atomic E-state index is 11.3. The van der Waals surface area contributed by atoms with Crippen LogP contribution in [0.2, 0.25) is 5.02 Å². The van der Waals surface area contributed by atoms with Crippen LogP contribution in [-0.2, 0) is 10.0 Å². The van der Waals surface area contributed by atoms with Gasteiger partial charge >= 0.3 is 0 Å². The van der Waals surface area contributed by atoms with Gasteiger partial charge in [-0.2, -0.15) is 0 Å². The van der Waals surface area contributed by atoms with Crippen LogP contribution < -0.4 is 15.6 Å². The third-order valence-corrected chi connectivity index (χ3v) is 4.51. The first-order valence-corrected chi connectivity index (χ1v) is 7.98. The number of benzene rings is 2. The van der Waals surface area contributed by atoms with Gasteiger partial charge in [0.25, 0.3) is 0 Å². The molecule has 0 heterocycles. The lowest BCUT2D eigenvalue weighted by atomic mass is 10.1. The molecule has 0 amide bonds. The number of rotatable bonds is 3. The molecule has 0 radical (unpaired) electrons. The minimum absolute atomic E-state index is 0.0393. The van der Waals surface area contributed by atoms with E-state index in [0.29, 0.717) is 16.5 Å². The molecular weight excluding hydrogens is 312 g/mol. The second-order valence-corrected chi connectivity index (χ2v) is 6.63. The number of halogens is 1. The summed E-state index contributed by atoms with van der Waals surface area (Å²) < 4.78 is 28.3. The van der Waals surface area contributed by atoms with Gasteiger partial charge < -0.3 is 10.5 Å². The summed E-state index contributed by atoms with van der Waals surface area (Å²) >= 11 is 6.09. The molecule has 0 spiro atoms. The van der Waals surface area contributed by atoms with Crippen LogP contribution in [0.25, 0.3) is 0 Å². The zero-order chi connectivity index (χ0) is 15.8. The first kappa shape index (κ1) is 15.6. The Kier molecular flexibility index (Phi) is 4.13. The molecule has 2 rings (SSSR count). The second kappa shape index (κ2) is 5.55. The summed E-state index contributed by atoms with van der Waals surface area (Å²) in [4.78, 5) is -0.127. The number of aryl methyl sites for hydroxylation is 2. The molecule has 21 heavy (non-hydrogen) atoms. The van der Waals surface area contributed by atoms with Gasteiger partial charge in [-0.3, -0.25) is 0 Å². The molecule has 0 saturated carbocycles. The Morgan fingerprint density at radius 1 is 1.05 bits per heavy atom. The molecule has 2 aromatic carbocycles. The lowest BCUT2D eigenvalue weighted by molar-refractivity contribution is 0.481. The Balaban J connectivity index is 2.35. The van der Waals surface area contributed by atoms with Crippen LogP contribution in [0.3, 0.4) is 0 Å². The first-order valence-electron chi connectivity index (χ1n) is 6.05. The van der Waals surface area contributed by atoms with Crippen molar-refractivity contribution in [3.05, 3.63) is 46.5 Å². The highest BCUT2D eigenvalue weighted by atomic mass is 35.5. The van der Waals surface area contributed by atoms with Crippen molar-refractivity contribution in [2.45, 2.75) is 18.7 Å². The SMILES string of the molecule is Cc1cc(Oc2ccc(S(N)(=O)=O)c(N)c2)cc(C)c1Cl. The average Bonchev–Trinajstić information content (AvgIpc) is 2.34. The van der Waals surface area contributed by atoms with Gasteiger partial charge in [0, 0.05) is 11.1 Å². The Labute approximate surface area is 128 Å². The van der Waals surface area contributed by atoms with Gasteiger partial charge in [-0.15, -0.1) is 0 Å². The molecule has 7 heteroatoms. The van der Waals surface area contributed by atoms with E-state index in [1.807, 2.05) is 13.8 Å². The smallest absolute Gasteiger partial charge is 0.240 e. The van der Waals surface area contributed by atoms with Crippen molar-refractivity contribution >= 4 is 27.3 Å². The van der Waals surface area contributed by atoms with Crippen LogP contribution in [0, 0.1) is 13.8 Å². The van der Waals surface area contributed by atoms with Crippen molar-refractivity contribution in [2.75, 3.05) is 5.73 Å². The summed E-state index contributed by atoms with van der Waals surface area (Å²) in [5.41, 5.74) is 7.50. The van der Waals surface area contributed by atoms with Crippen LogP contribution in [-0.4, -0.2) is 8.42 Å². The predicted octanol–water partition coefficient (Wildman–Crippen LogP) is 2.98. The largest absolute Gasteiger partial charge is 0.457 e. The third kappa shape index (κ3) is 3.47. The number of hydrogen-bond donors (Lipinski definition) is 2. The summed E-state index contributed by atoms with van der Waals surface area (Å²) in [5.74, 6) is 1.01. The van der Waals surface area contributed by atoms with E-state index in [4.69, 9.17) is 27.2 Å². The minimum Gasteiger partial charge on any atom is -0.457 e. The van der Waals surface area contributed by atoms with Gasteiger partial charge in [0.05, 0.1) is 5.69 Å². The zero-order valence-corrected chi connectivity index (χ0v) is 13.1. The monoisotopic (exact) mass is 326 g/mol. The van der Waals surface area contributed by atoms with Gasteiger partial charge in [-0.05, 0) is 49.2 Å². The van der Waals surface area contributed by atoms with E-state index in [9.17, 15) is 8.42 Å². The Hall–Kier alpha value is -1.76. The fourth-order valence-electron chi connectivity index (χ4n) is 1.95. The second-order valence-electron chi connectivity index (χ2n) is 4.72. The average molecular weight is 327 g/mol. The minimum atomic E-state index is -3.84. The molecule has 0 aliphatic heterocycles. The molecule has 0 saturated heterocycles. The van der Waals surface area contributed by atoms with Crippen LogP contribution in [0.4, 0.5) is 5.69 Å². The maximum Gasteiger partial charge on any atom is 0.240 e. The van der Waals surface area contributed by atoms with Crippen LogP contribution >= 0.6 is 11.6 Å². The molecule has 0 aliphatic carbocycles. The van der Waals surface area contributed by atoms with Gasteiger partial charge in [0.15, 0.2) is 0 Å². The highest BCUT2D eigenvalue weighted by molar-refractivity contribution is 7.89. The van der Waals surface area contributed by atoms with Gasteiger partial charge in [-0.1, -0.05) is 11.6 Å². The molecule has 5 nitrogen and oxygen atoms in total. The van der Waals surface area contributed by atoms with Crippen molar-refractivity contribution in [2.24, 2.45) is 5.14 Å². The Morgan fingerprint density at radius 3 is 2.10 bits per heavy atom. The van der Waals surface area contributed by atoms with E-state index in [2.05, 4.69) is 0 Å². The lowest BCUT2D eigenvalue weighted by Crippen LogP contribution is -2.14. The number of nitrogen functional groups attached to an aromatic ring is 1. The summed E-state index contributed by atoms with van der Waals surface area (Å²) in [6, 6.07) is 7.81. The third-order valence-electron chi connectivity index (χ3n) is 2.93. The van der Waals surface area contributed by atoms with Crippen molar-refractivity contribution in [3.63, 3.8) is 0 Å². The number of primary sulfonamides is 1. The van der Waals surface area contributed by atoms with Crippen LogP contribution in [0.1, 0.15) is 11.1 Å². The van der Waals surface area contributed by atoms with Crippen molar-refractivity contribution in [1.29, 1.82) is 0 Å². The van der Waals surface area contributed by atoms with E-state index in [-0.39, 0.29) is 10.6 Å². The predicted molar refractivity (Wildman–Crippen MR) is 83.2 cm³/mol. The fraction of sp³-hybridized carbons (Fsp3) is 0.143. The van der Waals surface area contributed by atoms with E-state index in [1.54, 1.807) is 12.1 Å². The highest BCUT2D eigenvalue weighted by Gasteiger charge is 2.13. The number of sulfonamides is 1. The molecule has 112 valence electrons. The zero-order valence-electron chi connectivity index (χ0n) is 11.6. The number of hydrogen-bond acceptors (Lipinski definition) is 4. The van der Waals surface area contributed by atoms with Crippen LogP contribution in [0.5, 0.6) is 11.5 Å². The fourth-order valence-corrected chi connectivity index (χ4v) is 2.70.